The van der Waals surface area contributed by atoms with Gasteiger partial charge in [0.2, 0.25) is 23.6 Å². The van der Waals surface area contributed by atoms with Crippen molar-refractivity contribution in [1.82, 2.24) is 26.6 Å². The van der Waals surface area contributed by atoms with Crippen molar-refractivity contribution in [2.75, 3.05) is 19.6 Å². The van der Waals surface area contributed by atoms with E-state index in [4.69, 9.17) is 65.2 Å². The van der Waals surface area contributed by atoms with Crippen LogP contribution in [0, 0.1) is 28.6 Å². The summed E-state index contributed by atoms with van der Waals surface area (Å²) >= 11 is 0. The van der Waals surface area contributed by atoms with Crippen LogP contribution in [0.1, 0.15) is 212 Å². The maximum atomic E-state index is 13.4. The Morgan fingerprint density at radius 2 is 0.868 bits per heavy atom. The van der Waals surface area contributed by atoms with Gasteiger partial charge >= 0.3 is 45.4 Å². The Morgan fingerprint density at radius 1 is 0.516 bits per heavy atom. The van der Waals surface area contributed by atoms with E-state index in [0.29, 0.717) is 44.7 Å². The van der Waals surface area contributed by atoms with Crippen molar-refractivity contribution in [3.8, 4) is 0 Å². The Balaban J connectivity index is 0.00000143. The van der Waals surface area contributed by atoms with Crippen LogP contribution in [-0.2, 0) is 66.4 Å². The van der Waals surface area contributed by atoms with E-state index in [1.54, 1.807) is 62.3 Å². The van der Waals surface area contributed by atoms with Crippen LogP contribution >= 0.6 is 0 Å². The molecule has 0 radical (unpaired) electrons. The van der Waals surface area contributed by atoms with E-state index in [-0.39, 0.29) is 62.0 Å². The van der Waals surface area contributed by atoms with Crippen LogP contribution in [0.4, 0.5) is 4.79 Å². The van der Waals surface area contributed by atoms with Crippen LogP contribution in [0.5, 0.6) is 0 Å². The van der Waals surface area contributed by atoms with Crippen LogP contribution < -0.4 is 43.8 Å². The SMILES string of the molecule is CC(=O)N[C@H](C(=O)OC(C)(C)C)[C@@H](CCCB1OC(C)(C)C(C)(C)O1)CNC(=O)[C@@H](NC(=O)OC(C)(C)C)C(C)(C)C.CC(=O)N[C@H](C(=O)OC(C)(C)C)[C@H](CN)CCCB1OC(C)(C)C(C)(C)O1.CC(C)(C)[C@H](N)C(=O)NC[C@H](CCCB(O)O)[C@H](N)C(=O)O. The number of carbonyl (C=O) groups excluding carboxylic acids is 7. The number of ether oxygens (including phenoxy) is 3. The van der Waals surface area contributed by atoms with E-state index >= 15 is 0 Å². The molecule has 2 fully saturated rings. The van der Waals surface area contributed by atoms with Crippen LogP contribution in [0.3, 0.4) is 0 Å². The number of hydrogen-bond donors (Lipinski definition) is 11. The third-order valence-corrected chi connectivity index (χ3v) is 15.8. The summed E-state index contributed by atoms with van der Waals surface area (Å²) in [4.78, 5) is 98.5. The highest BCUT2D eigenvalue weighted by Crippen LogP contribution is 2.40. The molecule has 2 heterocycles. The lowest BCUT2D eigenvalue weighted by atomic mass is 9.80. The first kappa shape index (κ1) is 86.4. The number of carboxylic acid groups (broad SMARTS) is 1. The normalized spacial score (nSPS) is 18.7. The van der Waals surface area contributed by atoms with Crippen LogP contribution in [0.25, 0.3) is 0 Å². The second-order valence-electron chi connectivity index (χ2n) is 31.2. The predicted molar refractivity (Wildman–Crippen MR) is 353 cm³/mol. The van der Waals surface area contributed by atoms with Gasteiger partial charge in [-0.25, -0.2) is 14.4 Å². The lowest BCUT2D eigenvalue weighted by Gasteiger charge is -2.33. The van der Waals surface area contributed by atoms with E-state index in [1.807, 2.05) is 96.9 Å². The average molecular weight is 1300 g/mol. The molecule has 29 heteroatoms. The van der Waals surface area contributed by atoms with E-state index in [2.05, 4.69) is 26.6 Å². The minimum Gasteiger partial charge on any atom is -0.480 e. The molecule has 8 atom stereocenters. The maximum Gasteiger partial charge on any atom is 0.457 e. The number of alkyl carbamates (subject to hydrolysis) is 1. The van der Waals surface area contributed by atoms with Crippen molar-refractivity contribution >= 4 is 69.0 Å². The Hall–Kier alpha value is -4.61. The monoisotopic (exact) mass is 1300 g/mol. The Bertz CT molecular complexity index is 2320. The van der Waals surface area contributed by atoms with Crippen LogP contribution in [-0.4, -0.2) is 173 Å². The minimum atomic E-state index is -1.44. The fourth-order valence-electron chi connectivity index (χ4n) is 9.32. The first-order valence-electron chi connectivity index (χ1n) is 32.0. The number of hydrogen-bond acceptors (Lipinski definition) is 20. The minimum absolute atomic E-state index is 0.0506. The molecule has 0 unspecified atom stereocenters. The Labute approximate surface area is 545 Å². The molecule has 2 aliphatic rings. The fourth-order valence-corrected chi connectivity index (χ4v) is 9.32. The molecule has 0 aromatic heterocycles. The van der Waals surface area contributed by atoms with Gasteiger partial charge in [-0.2, -0.15) is 0 Å². The number of esters is 2. The largest absolute Gasteiger partial charge is 0.480 e. The number of amides is 5. The third kappa shape index (κ3) is 32.9. The van der Waals surface area contributed by atoms with Gasteiger partial charge < -0.3 is 91.8 Å². The van der Waals surface area contributed by atoms with Gasteiger partial charge in [0.25, 0.3) is 0 Å². The highest BCUT2D eigenvalue weighted by molar-refractivity contribution is 6.45. The van der Waals surface area contributed by atoms with E-state index in [9.17, 15) is 38.4 Å². The molecule has 2 rings (SSSR count). The third-order valence-electron chi connectivity index (χ3n) is 15.8. The quantitative estimate of drug-likeness (QED) is 0.0265. The topological polar surface area (TPSA) is 400 Å². The summed E-state index contributed by atoms with van der Waals surface area (Å²) in [5.41, 5.74) is 12.5. The number of carboxylic acids is 1. The molecule has 0 bridgehead atoms. The zero-order chi connectivity index (χ0) is 71.4. The molecule has 2 saturated heterocycles. The van der Waals surface area contributed by atoms with Crippen molar-refractivity contribution in [3.05, 3.63) is 0 Å². The van der Waals surface area contributed by atoms with Gasteiger partial charge in [0.1, 0.15) is 41.0 Å². The molecule has 91 heavy (non-hydrogen) atoms. The van der Waals surface area contributed by atoms with E-state index < -0.39 is 131 Å². The van der Waals surface area contributed by atoms with Crippen LogP contribution in [0.15, 0.2) is 0 Å². The Kier molecular flexibility index (Phi) is 34.0. The predicted octanol–water partition coefficient (Wildman–Crippen LogP) is 5.41. The lowest BCUT2D eigenvalue weighted by molar-refractivity contribution is -0.161. The molecule has 0 saturated carbocycles. The summed E-state index contributed by atoms with van der Waals surface area (Å²) < 4.78 is 40.7. The number of aliphatic carboxylic acids is 1. The highest BCUT2D eigenvalue weighted by atomic mass is 16.7. The highest BCUT2D eigenvalue weighted by Gasteiger charge is 2.52. The smallest absolute Gasteiger partial charge is 0.457 e. The van der Waals surface area contributed by atoms with Gasteiger partial charge in [-0.1, -0.05) is 60.8 Å². The maximum absolute atomic E-state index is 13.4. The number of nitrogens with one attached hydrogen (secondary N) is 5. The van der Waals surface area contributed by atoms with Gasteiger partial charge in [-0.3, -0.25) is 24.0 Å². The molecular formula is C62H121B3N8O18. The molecule has 0 spiro atoms. The summed E-state index contributed by atoms with van der Waals surface area (Å²) in [7, 11) is -2.14. The zero-order valence-corrected chi connectivity index (χ0v) is 60.0. The van der Waals surface area contributed by atoms with Crippen molar-refractivity contribution < 1.29 is 86.3 Å². The number of carbonyl (C=O) groups is 8. The average Bonchev–Trinajstić information content (AvgIpc) is 1.67. The number of nitrogens with two attached hydrogens (primary N) is 3. The summed E-state index contributed by atoms with van der Waals surface area (Å²) in [5.74, 6) is -4.93. The van der Waals surface area contributed by atoms with Gasteiger partial charge in [0.05, 0.1) is 28.4 Å². The van der Waals surface area contributed by atoms with Gasteiger partial charge in [-0.05, 0) is 173 Å². The molecular weight excluding hydrogens is 1180 g/mol. The second kappa shape index (κ2) is 35.8. The Morgan fingerprint density at radius 3 is 1.20 bits per heavy atom. The van der Waals surface area contributed by atoms with Gasteiger partial charge in [0.15, 0.2) is 0 Å². The first-order chi connectivity index (χ1) is 40.9. The van der Waals surface area contributed by atoms with Crippen LogP contribution in [0.2, 0.25) is 19.0 Å². The first-order valence-corrected chi connectivity index (χ1v) is 32.0. The summed E-state index contributed by atoms with van der Waals surface area (Å²) in [6.07, 6.45) is 3.89. The van der Waals surface area contributed by atoms with Crippen molar-refractivity contribution in [2.24, 2.45) is 45.8 Å². The van der Waals surface area contributed by atoms with Gasteiger partial charge in [0, 0.05) is 44.7 Å². The molecule has 2 aliphatic heterocycles. The summed E-state index contributed by atoms with van der Waals surface area (Å²) in [5, 5.41) is 40.3. The molecule has 26 nitrogen and oxygen atoms in total. The summed E-state index contributed by atoms with van der Waals surface area (Å²) in [6.45, 7) is 46.0. The van der Waals surface area contributed by atoms with Gasteiger partial charge in [-0.15, -0.1) is 0 Å². The van der Waals surface area contributed by atoms with Crippen molar-refractivity contribution in [2.45, 2.75) is 300 Å². The van der Waals surface area contributed by atoms with Crippen molar-refractivity contribution in [3.63, 3.8) is 0 Å². The molecule has 526 valence electrons. The summed E-state index contributed by atoms with van der Waals surface area (Å²) in [6, 6.07) is -4.54. The second-order valence-corrected chi connectivity index (χ2v) is 31.2. The molecule has 14 N–H and O–H groups in total. The standard InChI is InChI=1S/C30H56BN3O8.C19H37BN2O5.C13H28BN3O5/c1-19(35)33-21(24(37)39-27(5,6)7)20(16-15-17-31-41-29(11,12)30(13,14)42-31)18-32-23(36)22(26(2,3)4)34-25(38)40-28(8,9)10;1-13(23)22-15(16(24)25-17(2,3)4)14(12-21)10-9-11-20-26-18(5,6)19(7,8)27-20;1-13(2,3)10(16)11(18)17-7-8(9(15)12(19)20)5-4-6-14(21)22/h20-22H,15-18H2,1-14H3,(H,32,36)(H,33,35)(H,34,38);14-15H,9-12,21H2,1-8H3,(H,22,23);8-10,21-22H,4-7,15-16H2,1-3H3,(H,17,18)(H,19,20)/t20-,21-,22+;14-,15-;8-,9-,10+/m000/s1. The van der Waals surface area contributed by atoms with E-state index in [1.165, 1.54) is 13.8 Å². The van der Waals surface area contributed by atoms with E-state index in [0.717, 1.165) is 6.42 Å². The van der Waals surface area contributed by atoms with Crippen molar-refractivity contribution in [1.29, 1.82) is 0 Å². The fraction of sp³-hybridized carbons (Fsp3) is 0.871. The number of rotatable bonds is 28. The molecule has 5 amide bonds. The lowest BCUT2D eigenvalue weighted by Crippen LogP contribution is -2.56. The molecule has 0 aromatic rings. The molecule has 0 aliphatic carbocycles. The zero-order valence-electron chi connectivity index (χ0n) is 60.0. The molecule has 0 aromatic carbocycles.